The highest BCUT2D eigenvalue weighted by atomic mass is 16.8. The van der Waals surface area contributed by atoms with Crippen molar-refractivity contribution in [1.82, 2.24) is 0 Å². The summed E-state index contributed by atoms with van der Waals surface area (Å²) in [6.07, 6.45) is 13.9. The second-order valence-electron chi connectivity index (χ2n) is 9.63. The number of carbonyl (C=O) groups excluding carboxylic acids is 2. The summed E-state index contributed by atoms with van der Waals surface area (Å²) in [5, 5.41) is 0. The van der Waals surface area contributed by atoms with Crippen molar-refractivity contribution in [3.63, 3.8) is 0 Å². The molecule has 0 aromatic heterocycles. The minimum Gasteiger partial charge on any atom is -0.476 e. The van der Waals surface area contributed by atoms with Gasteiger partial charge >= 0.3 is 11.9 Å². The monoisotopic (exact) mass is 480 g/mol. The first-order valence-electron chi connectivity index (χ1n) is 12.6. The number of hydrogen-bond donors (Lipinski definition) is 0. The van der Waals surface area contributed by atoms with Gasteiger partial charge in [-0.3, -0.25) is 0 Å². The third kappa shape index (κ3) is 8.71. The van der Waals surface area contributed by atoms with Crippen LogP contribution in [0, 0.1) is 23.7 Å². The Kier molecular flexibility index (Phi) is 11.4. The van der Waals surface area contributed by atoms with Crippen LogP contribution in [-0.4, -0.2) is 51.1 Å². The predicted molar refractivity (Wildman–Crippen MR) is 124 cm³/mol. The molecule has 0 saturated heterocycles. The summed E-state index contributed by atoms with van der Waals surface area (Å²) >= 11 is 0. The van der Waals surface area contributed by atoms with Crippen LogP contribution in [-0.2, 0) is 38.0 Å². The largest absolute Gasteiger partial charge is 0.476 e. The lowest BCUT2D eigenvalue weighted by Crippen LogP contribution is -2.38. The van der Waals surface area contributed by atoms with Gasteiger partial charge in [0, 0.05) is 6.08 Å². The molecule has 3 saturated carbocycles. The maximum Gasteiger partial charge on any atom is 0.344 e. The van der Waals surface area contributed by atoms with Gasteiger partial charge in [0.25, 0.3) is 0 Å². The van der Waals surface area contributed by atoms with Crippen molar-refractivity contribution in [3.05, 3.63) is 25.5 Å². The first-order valence-corrected chi connectivity index (χ1v) is 12.6. The Morgan fingerprint density at radius 1 is 0.735 bits per heavy atom. The molecule has 0 radical (unpaired) electrons. The van der Waals surface area contributed by atoms with Gasteiger partial charge in [-0.15, -0.1) is 0 Å². The van der Waals surface area contributed by atoms with Crippen LogP contribution in [0.15, 0.2) is 25.5 Å². The number of rotatable bonds is 13. The second kappa shape index (κ2) is 14.5. The van der Waals surface area contributed by atoms with Gasteiger partial charge in [-0.2, -0.15) is 0 Å². The summed E-state index contributed by atoms with van der Waals surface area (Å²) in [6, 6.07) is 0. The van der Waals surface area contributed by atoms with E-state index in [1.807, 2.05) is 0 Å². The molecule has 0 bridgehead atoms. The molecule has 0 aliphatic heterocycles. The average Bonchev–Trinajstić information content (AvgIpc) is 2.86. The maximum atomic E-state index is 11.9. The van der Waals surface area contributed by atoms with Crippen molar-refractivity contribution in [3.8, 4) is 0 Å². The van der Waals surface area contributed by atoms with Gasteiger partial charge in [-0.05, 0) is 87.9 Å². The molecule has 3 aliphatic rings. The van der Waals surface area contributed by atoms with Gasteiger partial charge in [0.1, 0.15) is 12.9 Å². The van der Waals surface area contributed by atoms with E-state index in [9.17, 15) is 9.59 Å². The van der Waals surface area contributed by atoms with Crippen LogP contribution in [0.5, 0.6) is 0 Å². The number of ether oxygens (including phenoxy) is 6. The summed E-state index contributed by atoms with van der Waals surface area (Å²) in [6.45, 7) is 6.96. The molecule has 8 heteroatoms. The Morgan fingerprint density at radius 3 is 2.09 bits per heavy atom. The van der Waals surface area contributed by atoms with E-state index in [1.54, 1.807) is 0 Å². The zero-order valence-corrected chi connectivity index (χ0v) is 20.2. The lowest BCUT2D eigenvalue weighted by molar-refractivity contribution is -0.176. The van der Waals surface area contributed by atoms with Gasteiger partial charge in [0.15, 0.2) is 20.2 Å². The molecule has 0 amide bonds. The van der Waals surface area contributed by atoms with Crippen LogP contribution in [0.1, 0.15) is 64.2 Å². The first-order chi connectivity index (χ1) is 16.6. The van der Waals surface area contributed by atoms with Crippen LogP contribution in [0.4, 0.5) is 0 Å². The highest BCUT2D eigenvalue weighted by Crippen LogP contribution is 2.48. The molecular weight excluding hydrogens is 440 g/mol. The van der Waals surface area contributed by atoms with E-state index < -0.39 is 11.9 Å². The maximum absolute atomic E-state index is 11.9. The van der Waals surface area contributed by atoms with Crippen molar-refractivity contribution in [2.45, 2.75) is 76.4 Å². The lowest BCUT2D eigenvalue weighted by Gasteiger charge is -2.45. The van der Waals surface area contributed by atoms with E-state index in [4.69, 9.17) is 28.4 Å². The van der Waals surface area contributed by atoms with Crippen LogP contribution in [0.2, 0.25) is 0 Å². The Labute approximate surface area is 202 Å². The molecule has 0 aromatic rings. The third-order valence-corrected chi connectivity index (χ3v) is 7.61. The quantitative estimate of drug-likeness (QED) is 0.125. The predicted octanol–water partition coefficient (Wildman–Crippen LogP) is 4.49. The van der Waals surface area contributed by atoms with Crippen LogP contribution >= 0.6 is 0 Å². The Hall–Kier alpha value is -1.90. The van der Waals surface area contributed by atoms with Crippen LogP contribution in [0.25, 0.3) is 0 Å². The summed E-state index contributed by atoms with van der Waals surface area (Å²) in [7, 11) is 0. The molecule has 8 nitrogen and oxygen atoms in total. The molecule has 3 aliphatic carbocycles. The molecule has 3 fully saturated rings. The lowest BCUT2D eigenvalue weighted by atomic mass is 9.62. The highest BCUT2D eigenvalue weighted by molar-refractivity contribution is 5.83. The average molecular weight is 481 g/mol. The van der Waals surface area contributed by atoms with Crippen molar-refractivity contribution < 1.29 is 38.0 Å². The SMILES string of the molecule is C=COCOCOCOC1CCC(C2CCC3CC(OC(=O)COC(=O)C=C)CCC3C2)CC1. The van der Waals surface area contributed by atoms with Gasteiger partial charge in [-0.25, -0.2) is 9.59 Å². The highest BCUT2D eigenvalue weighted by Gasteiger charge is 2.39. The van der Waals surface area contributed by atoms with E-state index in [0.717, 1.165) is 55.9 Å². The Morgan fingerprint density at radius 2 is 1.35 bits per heavy atom. The fourth-order valence-corrected chi connectivity index (χ4v) is 5.92. The number of hydrogen-bond acceptors (Lipinski definition) is 8. The summed E-state index contributed by atoms with van der Waals surface area (Å²) in [5.74, 6) is 1.89. The van der Waals surface area contributed by atoms with Gasteiger partial charge < -0.3 is 28.4 Å². The van der Waals surface area contributed by atoms with E-state index in [1.165, 1.54) is 38.4 Å². The molecule has 0 N–H and O–H groups in total. The van der Waals surface area contributed by atoms with E-state index in [0.29, 0.717) is 5.92 Å². The molecule has 4 unspecified atom stereocenters. The van der Waals surface area contributed by atoms with Crippen LogP contribution < -0.4 is 0 Å². The van der Waals surface area contributed by atoms with E-state index in [2.05, 4.69) is 13.2 Å². The van der Waals surface area contributed by atoms with Crippen molar-refractivity contribution in [2.24, 2.45) is 23.7 Å². The molecule has 3 rings (SSSR count). The molecule has 192 valence electrons. The second-order valence-corrected chi connectivity index (χ2v) is 9.63. The molecule has 4 atom stereocenters. The molecule has 0 aromatic carbocycles. The van der Waals surface area contributed by atoms with Gasteiger partial charge in [-0.1, -0.05) is 13.2 Å². The summed E-state index contributed by atoms with van der Waals surface area (Å²) < 4.78 is 31.5. The van der Waals surface area contributed by atoms with Crippen molar-refractivity contribution in [1.29, 1.82) is 0 Å². The Bertz CT molecular complexity index is 657. The van der Waals surface area contributed by atoms with Gasteiger partial charge in [0.05, 0.1) is 12.4 Å². The molecule has 0 heterocycles. The third-order valence-electron chi connectivity index (χ3n) is 7.61. The molecule has 34 heavy (non-hydrogen) atoms. The zero-order chi connectivity index (χ0) is 24.2. The minimum atomic E-state index is -0.604. The van der Waals surface area contributed by atoms with Crippen molar-refractivity contribution >= 4 is 11.9 Å². The zero-order valence-electron chi connectivity index (χ0n) is 20.2. The van der Waals surface area contributed by atoms with Crippen molar-refractivity contribution in [2.75, 3.05) is 27.0 Å². The molecular formula is C26H40O8. The van der Waals surface area contributed by atoms with E-state index >= 15 is 0 Å². The standard InChI is InChI=1S/C26H40O8/c1-3-25(27)32-15-26(28)34-24-12-9-21-13-20(5-6-22(21)14-24)19-7-10-23(11-8-19)33-18-31-17-30-16-29-4-2/h3-4,19-24H,1-2,5-18H2. The summed E-state index contributed by atoms with van der Waals surface area (Å²) in [4.78, 5) is 23.1. The van der Waals surface area contributed by atoms with E-state index in [-0.39, 0.29) is 39.2 Å². The van der Waals surface area contributed by atoms with Crippen LogP contribution in [0.3, 0.4) is 0 Å². The molecule has 0 spiro atoms. The Balaban J connectivity index is 1.28. The number of fused-ring (bicyclic) bond motifs is 1. The first kappa shape index (κ1) is 26.7. The topological polar surface area (TPSA) is 89.5 Å². The smallest absolute Gasteiger partial charge is 0.344 e. The summed E-state index contributed by atoms with van der Waals surface area (Å²) in [5.41, 5.74) is 0. The normalized spacial score (nSPS) is 31.1. The fraction of sp³-hybridized carbons (Fsp3) is 0.769. The minimum absolute atomic E-state index is 0.0533. The van der Waals surface area contributed by atoms with Gasteiger partial charge in [0.2, 0.25) is 0 Å². The fourth-order valence-electron chi connectivity index (χ4n) is 5.92. The number of esters is 2. The number of carbonyl (C=O) groups is 2.